The van der Waals surface area contributed by atoms with Gasteiger partial charge in [-0.2, -0.15) is 0 Å². The van der Waals surface area contributed by atoms with Gasteiger partial charge in [0.1, 0.15) is 0 Å². The molecule has 0 unspecified atom stereocenters. The second-order valence-corrected chi connectivity index (χ2v) is 5.75. The molecule has 0 aliphatic heterocycles. The van der Waals surface area contributed by atoms with Gasteiger partial charge >= 0.3 is 0 Å². The first kappa shape index (κ1) is 13.0. The van der Waals surface area contributed by atoms with Crippen molar-refractivity contribution in [2.24, 2.45) is 0 Å². The first-order chi connectivity index (χ1) is 9.72. The zero-order chi connectivity index (χ0) is 13.9. The topological polar surface area (TPSA) is 38.0 Å². The molecular formula is C18H22N2. The Balaban J connectivity index is 1.73. The molecule has 0 saturated carbocycles. The number of rotatable bonds is 3. The van der Waals surface area contributed by atoms with Crippen molar-refractivity contribution in [1.82, 2.24) is 0 Å². The molecule has 2 nitrogen and oxygen atoms in total. The maximum atomic E-state index is 6.00. The quantitative estimate of drug-likeness (QED) is 0.822. The Morgan fingerprint density at radius 3 is 2.65 bits per heavy atom. The Kier molecular flexibility index (Phi) is 3.64. The van der Waals surface area contributed by atoms with Gasteiger partial charge in [0, 0.05) is 6.54 Å². The fraction of sp³-hybridized carbons (Fsp3) is 0.333. The maximum Gasteiger partial charge on any atom is 0.0579 e. The average molecular weight is 266 g/mol. The molecule has 2 aromatic carbocycles. The van der Waals surface area contributed by atoms with E-state index in [2.05, 4.69) is 36.5 Å². The Morgan fingerprint density at radius 1 is 1.00 bits per heavy atom. The first-order valence-electron chi connectivity index (χ1n) is 7.43. The predicted molar refractivity (Wildman–Crippen MR) is 86.0 cm³/mol. The molecule has 0 heterocycles. The number of benzene rings is 2. The lowest BCUT2D eigenvalue weighted by Gasteiger charge is -2.17. The smallest absolute Gasteiger partial charge is 0.0579 e. The largest absolute Gasteiger partial charge is 0.397 e. The summed E-state index contributed by atoms with van der Waals surface area (Å²) in [7, 11) is 0. The Morgan fingerprint density at radius 2 is 1.80 bits per heavy atom. The van der Waals surface area contributed by atoms with Gasteiger partial charge in [-0.1, -0.05) is 24.3 Å². The number of anilines is 2. The molecule has 1 aliphatic rings. The van der Waals surface area contributed by atoms with E-state index in [4.69, 9.17) is 5.73 Å². The Bertz CT molecular complexity index is 617. The van der Waals surface area contributed by atoms with Crippen molar-refractivity contribution >= 4 is 11.4 Å². The highest BCUT2D eigenvalue weighted by molar-refractivity contribution is 5.67. The van der Waals surface area contributed by atoms with Gasteiger partial charge < -0.3 is 11.1 Å². The third-order valence-electron chi connectivity index (χ3n) is 4.10. The highest BCUT2D eigenvalue weighted by Gasteiger charge is 2.09. The summed E-state index contributed by atoms with van der Waals surface area (Å²) in [5.74, 6) is 0. The van der Waals surface area contributed by atoms with Crippen LogP contribution in [0.4, 0.5) is 11.4 Å². The fourth-order valence-electron chi connectivity index (χ4n) is 2.92. The van der Waals surface area contributed by atoms with Crippen molar-refractivity contribution in [3.63, 3.8) is 0 Å². The number of nitrogen functional groups attached to an aromatic ring is 1. The van der Waals surface area contributed by atoms with Crippen molar-refractivity contribution in [3.8, 4) is 0 Å². The van der Waals surface area contributed by atoms with Gasteiger partial charge in [0.15, 0.2) is 0 Å². The molecule has 3 rings (SSSR count). The molecule has 0 atom stereocenters. The van der Waals surface area contributed by atoms with Crippen LogP contribution in [0.25, 0.3) is 0 Å². The van der Waals surface area contributed by atoms with E-state index in [1.807, 2.05) is 12.1 Å². The van der Waals surface area contributed by atoms with E-state index in [1.165, 1.54) is 47.9 Å². The summed E-state index contributed by atoms with van der Waals surface area (Å²) < 4.78 is 0. The van der Waals surface area contributed by atoms with Crippen LogP contribution in [0.5, 0.6) is 0 Å². The van der Waals surface area contributed by atoms with E-state index in [1.54, 1.807) is 0 Å². The summed E-state index contributed by atoms with van der Waals surface area (Å²) in [6.07, 6.45) is 5.14. The summed E-state index contributed by atoms with van der Waals surface area (Å²) >= 11 is 0. The molecule has 0 bridgehead atoms. The van der Waals surface area contributed by atoms with Gasteiger partial charge in [0.25, 0.3) is 0 Å². The molecular weight excluding hydrogens is 244 g/mol. The standard InChI is InChI=1S/C18H22N2/c1-13-6-9-17(19)18(10-13)20-12-14-7-8-15-4-2-3-5-16(15)11-14/h6-11,20H,2-5,12,19H2,1H3. The van der Waals surface area contributed by atoms with Crippen molar-refractivity contribution in [1.29, 1.82) is 0 Å². The summed E-state index contributed by atoms with van der Waals surface area (Å²) in [6, 6.07) is 13.0. The van der Waals surface area contributed by atoms with Crippen LogP contribution in [0.2, 0.25) is 0 Å². The minimum Gasteiger partial charge on any atom is -0.397 e. The average Bonchev–Trinajstić information content (AvgIpc) is 2.48. The van der Waals surface area contributed by atoms with Gasteiger partial charge in [-0.3, -0.25) is 0 Å². The van der Waals surface area contributed by atoms with Crippen LogP contribution in [-0.2, 0) is 19.4 Å². The summed E-state index contributed by atoms with van der Waals surface area (Å²) in [6.45, 7) is 2.92. The van der Waals surface area contributed by atoms with E-state index >= 15 is 0 Å². The highest BCUT2D eigenvalue weighted by atomic mass is 14.9. The summed E-state index contributed by atoms with van der Waals surface area (Å²) in [4.78, 5) is 0. The van der Waals surface area contributed by atoms with Crippen LogP contribution < -0.4 is 11.1 Å². The summed E-state index contributed by atoms with van der Waals surface area (Å²) in [5, 5.41) is 3.45. The third-order valence-corrected chi connectivity index (χ3v) is 4.10. The maximum absolute atomic E-state index is 6.00. The highest BCUT2D eigenvalue weighted by Crippen LogP contribution is 2.24. The SMILES string of the molecule is Cc1ccc(N)c(NCc2ccc3c(c2)CCCC3)c1. The molecule has 2 heteroatoms. The predicted octanol–water partition coefficient (Wildman–Crippen LogP) is 4.07. The lowest BCUT2D eigenvalue weighted by atomic mass is 9.90. The summed E-state index contributed by atoms with van der Waals surface area (Å²) in [5.41, 5.74) is 13.5. The van der Waals surface area contributed by atoms with Crippen LogP contribution in [0, 0.1) is 6.92 Å². The number of fused-ring (bicyclic) bond motifs is 1. The van der Waals surface area contributed by atoms with Gasteiger partial charge in [-0.05, 0) is 67.0 Å². The van der Waals surface area contributed by atoms with Crippen molar-refractivity contribution in [3.05, 3.63) is 58.7 Å². The lowest BCUT2D eigenvalue weighted by Crippen LogP contribution is -2.06. The second kappa shape index (κ2) is 5.58. The zero-order valence-corrected chi connectivity index (χ0v) is 12.1. The molecule has 2 aromatic rings. The molecule has 0 radical (unpaired) electrons. The normalized spacial score (nSPS) is 13.8. The van der Waals surface area contributed by atoms with E-state index < -0.39 is 0 Å². The van der Waals surface area contributed by atoms with Crippen molar-refractivity contribution in [2.75, 3.05) is 11.1 Å². The molecule has 20 heavy (non-hydrogen) atoms. The molecule has 0 aromatic heterocycles. The number of hydrogen-bond donors (Lipinski definition) is 2. The third kappa shape index (κ3) is 2.79. The second-order valence-electron chi connectivity index (χ2n) is 5.75. The number of nitrogens with one attached hydrogen (secondary N) is 1. The van der Waals surface area contributed by atoms with Crippen LogP contribution in [0.1, 0.15) is 35.1 Å². The van der Waals surface area contributed by atoms with Gasteiger partial charge in [-0.15, -0.1) is 0 Å². The molecule has 0 saturated heterocycles. The van der Waals surface area contributed by atoms with Crippen LogP contribution in [-0.4, -0.2) is 0 Å². The molecule has 104 valence electrons. The zero-order valence-electron chi connectivity index (χ0n) is 12.1. The fourth-order valence-corrected chi connectivity index (χ4v) is 2.92. The van der Waals surface area contributed by atoms with Crippen LogP contribution in [0.3, 0.4) is 0 Å². The lowest BCUT2D eigenvalue weighted by molar-refractivity contribution is 0.684. The van der Waals surface area contributed by atoms with Crippen LogP contribution in [0.15, 0.2) is 36.4 Å². The number of hydrogen-bond acceptors (Lipinski definition) is 2. The van der Waals surface area contributed by atoms with Gasteiger partial charge in [0.2, 0.25) is 0 Å². The Hall–Kier alpha value is -1.96. The van der Waals surface area contributed by atoms with Gasteiger partial charge in [-0.25, -0.2) is 0 Å². The van der Waals surface area contributed by atoms with E-state index in [0.29, 0.717) is 0 Å². The van der Waals surface area contributed by atoms with E-state index in [0.717, 1.165) is 17.9 Å². The minimum absolute atomic E-state index is 0.813. The van der Waals surface area contributed by atoms with Crippen molar-refractivity contribution < 1.29 is 0 Å². The van der Waals surface area contributed by atoms with Crippen LogP contribution >= 0.6 is 0 Å². The minimum atomic E-state index is 0.813. The first-order valence-corrected chi connectivity index (χ1v) is 7.43. The van der Waals surface area contributed by atoms with E-state index in [9.17, 15) is 0 Å². The molecule has 0 spiro atoms. The van der Waals surface area contributed by atoms with Crippen molar-refractivity contribution in [2.45, 2.75) is 39.2 Å². The molecule has 0 amide bonds. The number of nitrogens with two attached hydrogens (primary N) is 1. The monoisotopic (exact) mass is 266 g/mol. The Labute approximate surface area is 121 Å². The molecule has 0 fully saturated rings. The number of aryl methyl sites for hydroxylation is 3. The molecule has 1 aliphatic carbocycles. The van der Waals surface area contributed by atoms with Gasteiger partial charge in [0.05, 0.1) is 11.4 Å². The molecule has 3 N–H and O–H groups in total. The van der Waals surface area contributed by atoms with E-state index in [-0.39, 0.29) is 0 Å².